The highest BCUT2D eigenvalue weighted by Gasteiger charge is 2.12. The molecule has 0 saturated heterocycles. The van der Waals surface area contributed by atoms with Crippen LogP contribution in [0.4, 0.5) is 11.5 Å². The summed E-state index contributed by atoms with van der Waals surface area (Å²) in [6.07, 6.45) is 0. The van der Waals surface area contributed by atoms with Crippen molar-refractivity contribution < 1.29 is 14.4 Å². The first-order chi connectivity index (χ1) is 9.62. The predicted octanol–water partition coefficient (Wildman–Crippen LogP) is 2.08. The lowest BCUT2D eigenvalue weighted by Gasteiger charge is -2.07. The molecule has 8 heteroatoms. The van der Waals surface area contributed by atoms with Crippen LogP contribution < -0.4 is 20.7 Å². The maximum Gasteiger partial charge on any atom is 0.278 e. The normalized spacial score (nSPS) is 9.90. The molecule has 1 aromatic carbocycles. The average molecular weight is 276 g/mol. The minimum Gasteiger partial charge on any atom is -0.497 e. The minimum absolute atomic E-state index is 0.0559. The van der Waals surface area contributed by atoms with Crippen molar-refractivity contribution in [3.8, 4) is 17.4 Å². The van der Waals surface area contributed by atoms with E-state index in [4.69, 9.17) is 15.3 Å². The third-order valence-electron chi connectivity index (χ3n) is 2.41. The largest absolute Gasteiger partial charge is 0.497 e. The monoisotopic (exact) mass is 276 g/mol. The molecule has 0 amide bonds. The molecule has 0 aliphatic rings. The van der Waals surface area contributed by atoms with Gasteiger partial charge in [0.15, 0.2) is 5.82 Å². The first-order valence-electron chi connectivity index (χ1n) is 5.57. The Balaban J connectivity index is 2.32. The second-order valence-corrected chi connectivity index (χ2v) is 3.73. The number of aromatic nitrogens is 1. The van der Waals surface area contributed by atoms with E-state index in [-0.39, 0.29) is 17.4 Å². The smallest absolute Gasteiger partial charge is 0.278 e. The molecule has 0 unspecified atom stereocenters. The first-order valence-corrected chi connectivity index (χ1v) is 5.57. The van der Waals surface area contributed by atoms with Gasteiger partial charge in [-0.15, -0.1) is 0 Å². The van der Waals surface area contributed by atoms with Gasteiger partial charge < -0.3 is 14.9 Å². The van der Waals surface area contributed by atoms with Crippen molar-refractivity contribution in [2.24, 2.45) is 5.84 Å². The number of rotatable bonds is 5. The molecule has 2 rings (SSSR count). The van der Waals surface area contributed by atoms with Gasteiger partial charge in [-0.2, -0.15) is 4.98 Å². The molecule has 0 saturated carbocycles. The Morgan fingerprint density at radius 3 is 2.70 bits per heavy atom. The Hall–Kier alpha value is -2.87. The van der Waals surface area contributed by atoms with Gasteiger partial charge in [0.1, 0.15) is 11.5 Å². The topological polar surface area (TPSA) is 113 Å². The molecular formula is C12H12N4O4. The van der Waals surface area contributed by atoms with E-state index in [1.54, 1.807) is 24.3 Å². The highest BCUT2D eigenvalue weighted by atomic mass is 16.6. The lowest BCUT2D eigenvalue weighted by Crippen LogP contribution is -2.09. The molecule has 0 bridgehead atoms. The zero-order valence-corrected chi connectivity index (χ0v) is 10.6. The van der Waals surface area contributed by atoms with Gasteiger partial charge in [0.2, 0.25) is 5.88 Å². The third-order valence-corrected chi connectivity index (χ3v) is 2.41. The Morgan fingerprint density at radius 1 is 1.30 bits per heavy atom. The van der Waals surface area contributed by atoms with Gasteiger partial charge >= 0.3 is 0 Å². The van der Waals surface area contributed by atoms with Crippen molar-refractivity contribution >= 4 is 11.5 Å². The number of hydrogen-bond acceptors (Lipinski definition) is 7. The molecule has 0 atom stereocenters. The number of nitro groups is 1. The fourth-order valence-electron chi connectivity index (χ4n) is 1.51. The Labute approximate surface area is 114 Å². The van der Waals surface area contributed by atoms with Crippen molar-refractivity contribution in [3.05, 3.63) is 46.5 Å². The molecule has 1 heterocycles. The number of nitrogens with one attached hydrogen (secondary N) is 1. The van der Waals surface area contributed by atoms with E-state index in [0.717, 1.165) is 0 Å². The SMILES string of the molecule is COc1cccc(Oc2cc([N+](=O)[O-])cc(NN)n2)c1. The maximum absolute atomic E-state index is 10.8. The fourth-order valence-corrected chi connectivity index (χ4v) is 1.51. The summed E-state index contributed by atoms with van der Waals surface area (Å²) < 4.78 is 10.5. The molecule has 3 N–H and O–H groups in total. The number of hydrogen-bond donors (Lipinski definition) is 2. The molecule has 1 aromatic heterocycles. The van der Waals surface area contributed by atoms with Crippen LogP contribution in [0.1, 0.15) is 0 Å². The van der Waals surface area contributed by atoms with Crippen LogP contribution in [-0.4, -0.2) is 17.0 Å². The summed E-state index contributed by atoms with van der Waals surface area (Å²) in [7, 11) is 1.53. The Bertz CT molecular complexity index is 633. The Kier molecular flexibility index (Phi) is 3.96. The predicted molar refractivity (Wildman–Crippen MR) is 71.8 cm³/mol. The number of ether oxygens (including phenoxy) is 2. The molecule has 0 aliphatic heterocycles. The number of methoxy groups -OCH3 is 1. The zero-order valence-electron chi connectivity index (χ0n) is 10.6. The van der Waals surface area contributed by atoms with Crippen LogP contribution in [0, 0.1) is 10.1 Å². The van der Waals surface area contributed by atoms with E-state index in [9.17, 15) is 10.1 Å². The molecule has 0 fully saturated rings. The summed E-state index contributed by atoms with van der Waals surface area (Å²) in [5.41, 5.74) is 2.08. The maximum atomic E-state index is 10.8. The molecule has 2 aromatic rings. The van der Waals surface area contributed by atoms with Crippen molar-refractivity contribution in [1.82, 2.24) is 4.98 Å². The third kappa shape index (κ3) is 3.12. The standard InChI is InChI=1S/C12H12N4O4/c1-19-9-3-2-4-10(7-9)20-12-6-8(16(17)18)5-11(14-12)15-13/h2-7H,13H2,1H3,(H,14,15). The van der Waals surface area contributed by atoms with E-state index < -0.39 is 4.92 Å². The molecular weight excluding hydrogens is 264 g/mol. The summed E-state index contributed by atoms with van der Waals surface area (Å²) in [6.45, 7) is 0. The lowest BCUT2D eigenvalue weighted by atomic mass is 10.3. The molecule has 0 spiro atoms. The lowest BCUT2D eigenvalue weighted by molar-refractivity contribution is -0.384. The van der Waals surface area contributed by atoms with E-state index >= 15 is 0 Å². The number of nitrogen functional groups attached to an aromatic ring is 1. The summed E-state index contributed by atoms with van der Waals surface area (Å²) in [5.74, 6) is 6.45. The zero-order chi connectivity index (χ0) is 14.5. The molecule has 0 radical (unpaired) electrons. The van der Waals surface area contributed by atoms with Crippen molar-refractivity contribution in [1.29, 1.82) is 0 Å². The van der Waals surface area contributed by atoms with Crippen molar-refractivity contribution in [3.63, 3.8) is 0 Å². The fraction of sp³-hybridized carbons (Fsp3) is 0.0833. The van der Waals surface area contributed by atoms with Gasteiger partial charge in [-0.3, -0.25) is 10.1 Å². The summed E-state index contributed by atoms with van der Waals surface area (Å²) in [4.78, 5) is 14.2. The van der Waals surface area contributed by atoms with Crippen LogP contribution >= 0.6 is 0 Å². The highest BCUT2D eigenvalue weighted by molar-refractivity contribution is 5.48. The molecule has 0 aliphatic carbocycles. The summed E-state index contributed by atoms with van der Waals surface area (Å²) in [6, 6.07) is 9.21. The van der Waals surface area contributed by atoms with E-state index in [1.165, 1.54) is 19.2 Å². The molecule has 8 nitrogen and oxygen atoms in total. The quantitative estimate of drug-likeness (QED) is 0.488. The van der Waals surface area contributed by atoms with Gasteiger partial charge in [0.25, 0.3) is 5.69 Å². The highest BCUT2D eigenvalue weighted by Crippen LogP contribution is 2.27. The number of nitrogens with two attached hydrogens (primary N) is 1. The Morgan fingerprint density at radius 2 is 2.05 bits per heavy atom. The van der Waals surface area contributed by atoms with Crippen molar-refractivity contribution in [2.75, 3.05) is 12.5 Å². The van der Waals surface area contributed by atoms with Gasteiger partial charge in [0, 0.05) is 6.07 Å². The van der Waals surface area contributed by atoms with Crippen molar-refractivity contribution in [2.45, 2.75) is 0 Å². The van der Waals surface area contributed by atoms with Crippen LogP contribution in [-0.2, 0) is 0 Å². The second-order valence-electron chi connectivity index (χ2n) is 3.73. The number of anilines is 1. The number of nitrogens with zero attached hydrogens (tertiary/aromatic N) is 2. The minimum atomic E-state index is -0.555. The van der Waals surface area contributed by atoms with Crippen LogP contribution in [0.2, 0.25) is 0 Å². The van der Waals surface area contributed by atoms with Crippen LogP contribution in [0.15, 0.2) is 36.4 Å². The van der Waals surface area contributed by atoms with E-state index in [0.29, 0.717) is 11.5 Å². The van der Waals surface area contributed by atoms with Crippen LogP contribution in [0.3, 0.4) is 0 Å². The summed E-state index contributed by atoms with van der Waals surface area (Å²) in [5, 5.41) is 10.8. The second kappa shape index (κ2) is 5.85. The molecule has 20 heavy (non-hydrogen) atoms. The van der Waals surface area contributed by atoms with E-state index in [2.05, 4.69) is 10.4 Å². The average Bonchev–Trinajstić information content (AvgIpc) is 2.47. The van der Waals surface area contributed by atoms with Gasteiger partial charge in [0.05, 0.1) is 24.2 Å². The van der Waals surface area contributed by atoms with Crippen LogP contribution in [0.5, 0.6) is 17.4 Å². The van der Waals surface area contributed by atoms with Gasteiger partial charge in [-0.1, -0.05) is 6.07 Å². The van der Waals surface area contributed by atoms with E-state index in [1.807, 2.05) is 0 Å². The number of benzene rings is 1. The van der Waals surface area contributed by atoms with Gasteiger partial charge in [-0.25, -0.2) is 5.84 Å². The number of hydrazine groups is 1. The molecule has 104 valence electrons. The van der Waals surface area contributed by atoms with Gasteiger partial charge in [-0.05, 0) is 12.1 Å². The van der Waals surface area contributed by atoms with Crippen LogP contribution in [0.25, 0.3) is 0 Å². The number of pyridine rings is 1. The first kappa shape index (κ1) is 13.6. The summed E-state index contributed by atoms with van der Waals surface area (Å²) >= 11 is 0.